The molecule has 0 aromatic heterocycles. The molecule has 2 bridgehead atoms. The monoisotopic (exact) mass is 354 g/mol. The van der Waals surface area contributed by atoms with E-state index >= 15 is 0 Å². The summed E-state index contributed by atoms with van der Waals surface area (Å²) >= 11 is 6.05. The van der Waals surface area contributed by atoms with Crippen LogP contribution in [0.25, 0.3) is 0 Å². The Balaban J connectivity index is 0.00000156. The molecule has 0 radical (unpaired) electrons. The Bertz CT molecular complexity index is 580. The fourth-order valence-electron chi connectivity index (χ4n) is 4.59. The first kappa shape index (κ1) is 17.1. The number of piperidine rings is 1. The summed E-state index contributed by atoms with van der Waals surface area (Å²) in [7, 11) is 0. The third kappa shape index (κ3) is 3.67. The van der Waals surface area contributed by atoms with Crippen LogP contribution in [-0.2, 0) is 11.2 Å². The van der Waals surface area contributed by atoms with E-state index in [0.717, 1.165) is 17.9 Å². The lowest BCUT2D eigenvalue weighted by Crippen LogP contribution is -2.40. The molecule has 1 aliphatic carbocycles. The molecule has 1 aromatic rings. The first-order chi connectivity index (χ1) is 10.7. The quantitative estimate of drug-likeness (QED) is 0.866. The zero-order chi connectivity index (χ0) is 15.1. The number of fused-ring (bicyclic) bond motifs is 3. The molecule has 2 heterocycles. The summed E-state index contributed by atoms with van der Waals surface area (Å²) in [6, 6.07) is 7.53. The van der Waals surface area contributed by atoms with Crippen LogP contribution >= 0.6 is 24.0 Å². The molecular formula is C18H24Cl2N2O. The smallest absolute Gasteiger partial charge is 0.220 e. The average Bonchev–Trinajstić information content (AvgIpc) is 3.02. The van der Waals surface area contributed by atoms with Gasteiger partial charge in [-0.2, -0.15) is 0 Å². The van der Waals surface area contributed by atoms with Gasteiger partial charge in [0.1, 0.15) is 0 Å². The highest BCUT2D eigenvalue weighted by Gasteiger charge is 2.34. The van der Waals surface area contributed by atoms with Crippen LogP contribution in [0.2, 0.25) is 5.02 Å². The second-order valence-electron chi connectivity index (χ2n) is 7.18. The minimum absolute atomic E-state index is 0. The molecular weight excluding hydrogens is 331 g/mol. The fraction of sp³-hybridized carbons (Fsp3) is 0.611. The van der Waals surface area contributed by atoms with Crippen molar-refractivity contribution in [3.63, 3.8) is 0 Å². The molecule has 0 spiro atoms. The van der Waals surface area contributed by atoms with Crippen molar-refractivity contribution in [2.45, 2.75) is 63.1 Å². The summed E-state index contributed by atoms with van der Waals surface area (Å²) in [5, 5.41) is 7.68. The summed E-state index contributed by atoms with van der Waals surface area (Å²) in [6.07, 6.45) is 7.62. The van der Waals surface area contributed by atoms with Crippen LogP contribution in [0.1, 0.15) is 55.7 Å². The molecule has 2 aliphatic heterocycles. The lowest BCUT2D eigenvalue weighted by atomic mass is 9.89. The molecule has 1 aromatic carbocycles. The molecule has 0 saturated carbocycles. The van der Waals surface area contributed by atoms with Gasteiger partial charge in [-0.15, -0.1) is 12.4 Å². The number of carbonyl (C=O) groups is 1. The van der Waals surface area contributed by atoms with Gasteiger partial charge in [0.25, 0.3) is 0 Å². The predicted octanol–water partition coefficient (Wildman–Crippen LogP) is 3.79. The molecule has 2 saturated heterocycles. The molecule has 126 valence electrons. The maximum atomic E-state index is 12.4. The number of rotatable bonds is 3. The summed E-state index contributed by atoms with van der Waals surface area (Å²) in [5.74, 6) is 0.781. The van der Waals surface area contributed by atoms with Crippen LogP contribution in [-0.4, -0.2) is 18.0 Å². The molecule has 3 nitrogen and oxygen atoms in total. The van der Waals surface area contributed by atoms with Gasteiger partial charge in [-0.25, -0.2) is 0 Å². The lowest BCUT2D eigenvalue weighted by Gasteiger charge is -2.29. The van der Waals surface area contributed by atoms with Crippen molar-refractivity contribution < 1.29 is 4.79 Å². The Kier molecular flexibility index (Phi) is 5.19. The third-order valence-corrected chi connectivity index (χ3v) is 5.80. The minimum Gasteiger partial charge on any atom is -0.349 e. The molecule has 3 atom stereocenters. The Morgan fingerprint density at radius 1 is 1.22 bits per heavy atom. The lowest BCUT2D eigenvalue weighted by molar-refractivity contribution is -0.123. The van der Waals surface area contributed by atoms with E-state index < -0.39 is 0 Å². The van der Waals surface area contributed by atoms with E-state index in [9.17, 15) is 4.79 Å². The summed E-state index contributed by atoms with van der Waals surface area (Å²) in [4.78, 5) is 12.4. The maximum Gasteiger partial charge on any atom is 0.220 e. The molecule has 2 fully saturated rings. The van der Waals surface area contributed by atoms with Gasteiger partial charge in [-0.05, 0) is 67.7 Å². The van der Waals surface area contributed by atoms with Crippen molar-refractivity contribution in [2.24, 2.45) is 5.92 Å². The Morgan fingerprint density at radius 3 is 2.70 bits per heavy atom. The maximum absolute atomic E-state index is 12.4. The molecule has 5 heteroatoms. The van der Waals surface area contributed by atoms with E-state index in [-0.39, 0.29) is 24.4 Å². The van der Waals surface area contributed by atoms with E-state index in [1.165, 1.54) is 36.8 Å². The summed E-state index contributed by atoms with van der Waals surface area (Å²) in [5.41, 5.74) is 2.54. The number of aryl methyl sites for hydroxylation is 1. The van der Waals surface area contributed by atoms with Crippen molar-refractivity contribution in [2.75, 3.05) is 0 Å². The van der Waals surface area contributed by atoms with Gasteiger partial charge in [0.05, 0.1) is 6.04 Å². The minimum atomic E-state index is 0. The van der Waals surface area contributed by atoms with E-state index in [2.05, 4.69) is 16.7 Å². The second kappa shape index (κ2) is 7.00. The second-order valence-corrected chi connectivity index (χ2v) is 7.62. The van der Waals surface area contributed by atoms with Gasteiger partial charge >= 0.3 is 0 Å². The Morgan fingerprint density at radius 2 is 1.96 bits per heavy atom. The van der Waals surface area contributed by atoms with Crippen LogP contribution in [0.15, 0.2) is 18.2 Å². The van der Waals surface area contributed by atoms with Gasteiger partial charge in [0, 0.05) is 23.5 Å². The third-order valence-electron chi connectivity index (χ3n) is 5.56. The summed E-state index contributed by atoms with van der Waals surface area (Å²) < 4.78 is 0. The number of nitrogens with one attached hydrogen (secondary N) is 2. The van der Waals surface area contributed by atoms with Crippen molar-refractivity contribution in [1.82, 2.24) is 10.6 Å². The average molecular weight is 355 g/mol. The number of hydrogen-bond acceptors (Lipinski definition) is 2. The van der Waals surface area contributed by atoms with Crippen LogP contribution in [0.3, 0.4) is 0 Å². The van der Waals surface area contributed by atoms with Crippen LogP contribution in [0, 0.1) is 5.92 Å². The zero-order valence-electron chi connectivity index (χ0n) is 13.2. The zero-order valence-corrected chi connectivity index (χ0v) is 14.8. The van der Waals surface area contributed by atoms with Crippen molar-refractivity contribution in [3.05, 3.63) is 34.3 Å². The van der Waals surface area contributed by atoms with Gasteiger partial charge in [0.2, 0.25) is 5.91 Å². The van der Waals surface area contributed by atoms with E-state index in [1.54, 1.807) is 0 Å². The number of benzene rings is 1. The molecule has 4 rings (SSSR count). The predicted molar refractivity (Wildman–Crippen MR) is 95.2 cm³/mol. The first-order valence-corrected chi connectivity index (χ1v) is 8.89. The number of hydrogen-bond donors (Lipinski definition) is 2. The van der Waals surface area contributed by atoms with Gasteiger partial charge in [-0.3, -0.25) is 4.79 Å². The van der Waals surface area contributed by atoms with Crippen LogP contribution < -0.4 is 10.6 Å². The standard InChI is InChI=1S/C18H23ClN2O.ClH/c19-13-2-5-16-12(10-13)1-6-17(16)21-18(22)9-11-7-14-3-4-15(8-11)20-14;/h2,5,10-11,14-15,17,20H,1,3-4,6-9H2,(H,21,22);1H. The van der Waals surface area contributed by atoms with Crippen LogP contribution in [0.4, 0.5) is 0 Å². The van der Waals surface area contributed by atoms with Gasteiger partial charge < -0.3 is 10.6 Å². The van der Waals surface area contributed by atoms with Gasteiger partial charge in [-0.1, -0.05) is 17.7 Å². The van der Waals surface area contributed by atoms with Gasteiger partial charge in [0.15, 0.2) is 0 Å². The fourth-order valence-corrected chi connectivity index (χ4v) is 4.79. The summed E-state index contributed by atoms with van der Waals surface area (Å²) in [6.45, 7) is 0. The van der Waals surface area contributed by atoms with Crippen molar-refractivity contribution in [1.29, 1.82) is 0 Å². The Hall–Kier alpha value is -0.770. The highest BCUT2D eigenvalue weighted by atomic mass is 35.5. The number of carbonyl (C=O) groups excluding carboxylic acids is 1. The molecule has 1 amide bonds. The topological polar surface area (TPSA) is 41.1 Å². The Labute approximate surface area is 149 Å². The van der Waals surface area contributed by atoms with Crippen LogP contribution in [0.5, 0.6) is 0 Å². The highest BCUT2D eigenvalue weighted by Crippen LogP contribution is 2.35. The van der Waals surface area contributed by atoms with E-state index in [1.807, 2.05) is 12.1 Å². The highest BCUT2D eigenvalue weighted by molar-refractivity contribution is 6.30. The van der Waals surface area contributed by atoms with E-state index in [4.69, 9.17) is 11.6 Å². The SMILES string of the molecule is Cl.O=C(CC1CC2CCC(C1)N2)NC1CCc2cc(Cl)ccc21. The number of amides is 1. The molecule has 3 unspecified atom stereocenters. The van der Waals surface area contributed by atoms with Crippen molar-refractivity contribution >= 4 is 29.9 Å². The molecule has 23 heavy (non-hydrogen) atoms. The number of halogens is 2. The van der Waals surface area contributed by atoms with Crippen molar-refractivity contribution in [3.8, 4) is 0 Å². The molecule has 2 N–H and O–H groups in total. The largest absolute Gasteiger partial charge is 0.349 e. The van der Waals surface area contributed by atoms with E-state index in [0.29, 0.717) is 24.4 Å². The normalized spacial score (nSPS) is 31.3. The first-order valence-electron chi connectivity index (χ1n) is 8.51. The molecule has 3 aliphatic rings.